The number of aliphatic hydroxyl groups excluding tert-OH is 1. The van der Waals surface area contributed by atoms with Gasteiger partial charge in [0.25, 0.3) is 0 Å². The Morgan fingerprint density at radius 1 is 1.39 bits per heavy atom. The highest BCUT2D eigenvalue weighted by Crippen LogP contribution is 2.18. The average molecular weight is 247 g/mol. The van der Waals surface area contributed by atoms with Gasteiger partial charge in [0.2, 0.25) is 0 Å². The van der Waals surface area contributed by atoms with Crippen molar-refractivity contribution in [1.82, 2.24) is 0 Å². The monoisotopic (exact) mass is 247 g/mol. The fourth-order valence-corrected chi connectivity index (χ4v) is 1.79. The third kappa shape index (κ3) is 4.40. The first-order chi connectivity index (χ1) is 8.69. The predicted molar refractivity (Wildman–Crippen MR) is 74.8 cm³/mol. The van der Waals surface area contributed by atoms with Crippen LogP contribution in [0.2, 0.25) is 0 Å². The van der Waals surface area contributed by atoms with Gasteiger partial charge in [0.05, 0.1) is 19.8 Å². The molecule has 0 heterocycles. The zero-order valence-corrected chi connectivity index (χ0v) is 11.1. The van der Waals surface area contributed by atoms with Crippen LogP contribution in [0.1, 0.15) is 19.4 Å². The third-order valence-electron chi connectivity index (χ3n) is 2.68. The van der Waals surface area contributed by atoms with E-state index in [1.165, 1.54) is 0 Å². The van der Waals surface area contributed by atoms with Crippen molar-refractivity contribution in [3.63, 3.8) is 0 Å². The number of rotatable bonds is 7. The van der Waals surface area contributed by atoms with Gasteiger partial charge in [0.1, 0.15) is 0 Å². The van der Waals surface area contributed by atoms with Gasteiger partial charge in [-0.1, -0.05) is 12.0 Å². The van der Waals surface area contributed by atoms with Crippen molar-refractivity contribution in [3.05, 3.63) is 29.8 Å². The highest BCUT2D eigenvalue weighted by Gasteiger charge is 2.10. The first-order valence-corrected chi connectivity index (χ1v) is 6.21. The van der Waals surface area contributed by atoms with Crippen LogP contribution in [0.5, 0.6) is 0 Å². The van der Waals surface area contributed by atoms with Gasteiger partial charge < -0.3 is 14.7 Å². The SMILES string of the molecule is C#Cc1cccc(N(CCOCCO)C(C)C)c1. The van der Waals surface area contributed by atoms with E-state index in [1.807, 2.05) is 24.3 Å². The molecular formula is C15H21NO2. The summed E-state index contributed by atoms with van der Waals surface area (Å²) in [5.74, 6) is 2.65. The van der Waals surface area contributed by atoms with Gasteiger partial charge in [-0.15, -0.1) is 6.42 Å². The molecule has 1 N–H and O–H groups in total. The standard InChI is InChI=1S/C15H21NO2/c1-4-14-6-5-7-15(12-14)16(13(2)3)8-10-18-11-9-17/h1,5-7,12-13,17H,8-11H2,2-3H3. The molecule has 1 aromatic rings. The van der Waals surface area contributed by atoms with Crippen LogP contribution in [0.25, 0.3) is 0 Å². The molecular weight excluding hydrogens is 226 g/mol. The second kappa shape index (κ2) is 7.75. The van der Waals surface area contributed by atoms with E-state index < -0.39 is 0 Å². The van der Waals surface area contributed by atoms with Crippen molar-refractivity contribution >= 4 is 5.69 Å². The van der Waals surface area contributed by atoms with E-state index in [-0.39, 0.29) is 6.61 Å². The first-order valence-electron chi connectivity index (χ1n) is 6.21. The molecule has 0 spiro atoms. The van der Waals surface area contributed by atoms with Gasteiger partial charge in [-0.25, -0.2) is 0 Å². The maximum absolute atomic E-state index is 8.67. The number of benzene rings is 1. The van der Waals surface area contributed by atoms with Crippen LogP contribution in [0.3, 0.4) is 0 Å². The molecule has 1 aromatic carbocycles. The van der Waals surface area contributed by atoms with Crippen LogP contribution < -0.4 is 4.90 Å². The summed E-state index contributed by atoms with van der Waals surface area (Å²) in [6.07, 6.45) is 5.41. The summed E-state index contributed by atoms with van der Waals surface area (Å²) in [6, 6.07) is 8.31. The minimum atomic E-state index is 0.0637. The molecule has 98 valence electrons. The van der Waals surface area contributed by atoms with E-state index in [1.54, 1.807) is 0 Å². The van der Waals surface area contributed by atoms with Gasteiger partial charge in [0, 0.05) is 23.8 Å². The van der Waals surface area contributed by atoms with Crippen molar-refractivity contribution in [3.8, 4) is 12.3 Å². The molecule has 1 rings (SSSR count). The summed E-state index contributed by atoms with van der Waals surface area (Å²) in [5, 5.41) is 8.67. The molecule has 0 fully saturated rings. The summed E-state index contributed by atoms with van der Waals surface area (Å²) >= 11 is 0. The van der Waals surface area contributed by atoms with E-state index in [2.05, 4.69) is 24.7 Å². The Bertz CT molecular complexity index is 396. The number of hydrogen-bond donors (Lipinski definition) is 1. The van der Waals surface area contributed by atoms with Gasteiger partial charge in [-0.3, -0.25) is 0 Å². The Kier molecular flexibility index (Phi) is 6.27. The van der Waals surface area contributed by atoms with Crippen LogP contribution in [-0.4, -0.2) is 37.5 Å². The van der Waals surface area contributed by atoms with Crippen molar-refractivity contribution in [2.75, 3.05) is 31.3 Å². The summed E-state index contributed by atoms with van der Waals surface area (Å²) < 4.78 is 5.31. The van der Waals surface area contributed by atoms with Gasteiger partial charge in [-0.2, -0.15) is 0 Å². The molecule has 0 bridgehead atoms. The molecule has 0 amide bonds. The van der Waals surface area contributed by atoms with E-state index in [9.17, 15) is 0 Å². The van der Waals surface area contributed by atoms with Crippen LogP contribution in [0, 0.1) is 12.3 Å². The summed E-state index contributed by atoms with van der Waals surface area (Å²) in [6.45, 7) is 6.10. The number of nitrogens with zero attached hydrogens (tertiary/aromatic N) is 1. The minimum Gasteiger partial charge on any atom is -0.394 e. The van der Waals surface area contributed by atoms with Crippen LogP contribution in [-0.2, 0) is 4.74 Å². The highest BCUT2D eigenvalue weighted by molar-refractivity contribution is 5.52. The summed E-state index contributed by atoms with van der Waals surface area (Å²) in [7, 11) is 0. The van der Waals surface area contributed by atoms with Crippen LogP contribution >= 0.6 is 0 Å². The number of aliphatic hydroxyl groups is 1. The minimum absolute atomic E-state index is 0.0637. The summed E-state index contributed by atoms with van der Waals surface area (Å²) in [4.78, 5) is 2.23. The number of terminal acetylenes is 1. The molecule has 3 heteroatoms. The smallest absolute Gasteiger partial charge is 0.0698 e. The van der Waals surface area contributed by atoms with Crippen molar-refractivity contribution in [1.29, 1.82) is 0 Å². The average Bonchev–Trinajstić information content (AvgIpc) is 2.38. The lowest BCUT2D eigenvalue weighted by Gasteiger charge is -2.29. The fraction of sp³-hybridized carbons (Fsp3) is 0.467. The Labute approximate surface area is 109 Å². The van der Waals surface area contributed by atoms with Crippen molar-refractivity contribution in [2.45, 2.75) is 19.9 Å². The van der Waals surface area contributed by atoms with E-state index >= 15 is 0 Å². The summed E-state index contributed by atoms with van der Waals surface area (Å²) in [5.41, 5.74) is 1.99. The number of ether oxygens (including phenoxy) is 1. The number of anilines is 1. The quantitative estimate of drug-likeness (QED) is 0.590. The van der Waals surface area contributed by atoms with Gasteiger partial charge in [-0.05, 0) is 32.0 Å². The molecule has 0 aromatic heterocycles. The van der Waals surface area contributed by atoms with Crippen molar-refractivity contribution < 1.29 is 9.84 Å². The third-order valence-corrected chi connectivity index (χ3v) is 2.68. The Balaban J connectivity index is 2.69. The Morgan fingerprint density at radius 2 is 2.17 bits per heavy atom. The molecule has 0 unspecified atom stereocenters. The normalized spacial score (nSPS) is 10.4. The van der Waals surface area contributed by atoms with E-state index in [4.69, 9.17) is 16.3 Å². The molecule has 0 aliphatic rings. The van der Waals surface area contributed by atoms with Gasteiger partial charge >= 0.3 is 0 Å². The first kappa shape index (κ1) is 14.6. The lowest BCUT2D eigenvalue weighted by molar-refractivity contribution is 0.0961. The number of hydrogen-bond acceptors (Lipinski definition) is 3. The molecule has 0 aliphatic carbocycles. The predicted octanol–water partition coefficient (Wildman–Crippen LogP) is 1.89. The Morgan fingerprint density at radius 3 is 2.78 bits per heavy atom. The largest absolute Gasteiger partial charge is 0.394 e. The lowest BCUT2D eigenvalue weighted by atomic mass is 10.1. The second-order valence-corrected chi connectivity index (χ2v) is 4.32. The molecule has 0 atom stereocenters. The highest BCUT2D eigenvalue weighted by atomic mass is 16.5. The molecule has 0 radical (unpaired) electrons. The zero-order chi connectivity index (χ0) is 13.4. The molecule has 0 saturated carbocycles. The molecule has 0 saturated heterocycles. The maximum atomic E-state index is 8.67. The molecule has 0 aliphatic heterocycles. The lowest BCUT2D eigenvalue weighted by Crippen LogP contribution is -2.34. The van der Waals surface area contributed by atoms with Crippen LogP contribution in [0.15, 0.2) is 24.3 Å². The molecule has 3 nitrogen and oxygen atoms in total. The second-order valence-electron chi connectivity index (χ2n) is 4.32. The maximum Gasteiger partial charge on any atom is 0.0698 e. The van der Waals surface area contributed by atoms with Crippen LogP contribution in [0.4, 0.5) is 5.69 Å². The topological polar surface area (TPSA) is 32.7 Å². The fourth-order valence-electron chi connectivity index (χ4n) is 1.79. The van der Waals surface area contributed by atoms with E-state index in [0.717, 1.165) is 17.8 Å². The Hall–Kier alpha value is -1.50. The van der Waals surface area contributed by atoms with Crippen molar-refractivity contribution in [2.24, 2.45) is 0 Å². The van der Waals surface area contributed by atoms with Gasteiger partial charge in [0.15, 0.2) is 0 Å². The molecule has 18 heavy (non-hydrogen) atoms. The zero-order valence-electron chi connectivity index (χ0n) is 11.1. The van der Waals surface area contributed by atoms with E-state index in [0.29, 0.717) is 19.3 Å².